The Morgan fingerprint density at radius 3 is 1.50 bits per heavy atom. The molecule has 2 N–H and O–H groups in total. The zero-order valence-corrected chi connectivity index (χ0v) is 16.1. The third-order valence-electron chi connectivity index (χ3n) is 5.07. The van der Waals surface area contributed by atoms with E-state index in [2.05, 4.69) is 5.32 Å². The number of carbonyl (C=O) groups excluding carboxylic acids is 4. The van der Waals surface area contributed by atoms with Crippen LogP contribution < -0.4 is 10.6 Å². The molecule has 0 aliphatic carbocycles. The van der Waals surface area contributed by atoms with Gasteiger partial charge in [0, 0.05) is 12.2 Å². The maximum Gasteiger partial charge on any atom is 0.250 e. The number of nitrogens with one attached hydrogen (secondary N) is 2. The molecule has 4 aliphatic rings. The van der Waals surface area contributed by atoms with Crippen molar-refractivity contribution in [2.75, 3.05) is 0 Å². The Labute approximate surface area is 162 Å². The van der Waals surface area contributed by atoms with Gasteiger partial charge < -0.3 is 9.15 Å². The second kappa shape index (κ2) is 6.87. The van der Waals surface area contributed by atoms with Crippen LogP contribution in [0.3, 0.4) is 0 Å². The standard InChI is InChI=1S/C10H11NO3.C6H8O.C4H3NO2/c1-9-3-4-10(2,14-9)6-5(9)7(12)11-8(6)13;1-5-3-4-6(2)7-5;6-3-1-2-4(7)5-3/h3-6H,1-2H3,(H,11,12,13);3-4H,1-2H3;1-2H,(H,5,6,7)/t5-,6+,9?,10?;;. The van der Waals surface area contributed by atoms with Crippen molar-refractivity contribution in [3.63, 3.8) is 0 Å². The molecule has 2 saturated heterocycles. The highest BCUT2D eigenvalue weighted by molar-refractivity contribution is 6.12. The number of imide groups is 2. The van der Waals surface area contributed by atoms with E-state index in [4.69, 9.17) is 9.15 Å². The lowest BCUT2D eigenvalue weighted by Gasteiger charge is -2.22. The molecule has 2 fully saturated rings. The van der Waals surface area contributed by atoms with Crippen LogP contribution in [0, 0.1) is 25.7 Å². The van der Waals surface area contributed by atoms with E-state index in [1.807, 2.05) is 57.3 Å². The zero-order chi connectivity index (χ0) is 20.7. The molecule has 5 rings (SSSR count). The molecule has 4 atom stereocenters. The minimum atomic E-state index is -0.588. The monoisotopic (exact) mass is 386 g/mol. The summed E-state index contributed by atoms with van der Waals surface area (Å²) in [5, 5.41) is 4.40. The first kappa shape index (κ1) is 19.8. The van der Waals surface area contributed by atoms with Crippen LogP contribution >= 0.6 is 0 Å². The molecule has 0 saturated carbocycles. The molecule has 1 aromatic rings. The number of hydrogen-bond donors (Lipinski definition) is 2. The van der Waals surface area contributed by atoms with Crippen LogP contribution in [0.1, 0.15) is 25.4 Å². The van der Waals surface area contributed by atoms with Gasteiger partial charge in [0.15, 0.2) is 0 Å². The maximum absolute atomic E-state index is 11.6. The highest BCUT2D eigenvalue weighted by Crippen LogP contribution is 2.55. The third kappa shape index (κ3) is 3.55. The van der Waals surface area contributed by atoms with Crippen molar-refractivity contribution in [2.45, 2.75) is 38.9 Å². The summed E-state index contributed by atoms with van der Waals surface area (Å²) >= 11 is 0. The van der Waals surface area contributed by atoms with Crippen molar-refractivity contribution >= 4 is 23.6 Å². The Balaban J connectivity index is 0.000000136. The summed E-state index contributed by atoms with van der Waals surface area (Å²) in [6, 6.07) is 3.91. The van der Waals surface area contributed by atoms with Crippen molar-refractivity contribution in [2.24, 2.45) is 11.8 Å². The van der Waals surface area contributed by atoms with Gasteiger partial charge in [0.1, 0.15) is 11.5 Å². The van der Waals surface area contributed by atoms with Gasteiger partial charge in [-0.2, -0.15) is 0 Å². The van der Waals surface area contributed by atoms with E-state index in [1.165, 1.54) is 12.2 Å². The number of hydrogen-bond acceptors (Lipinski definition) is 6. The molecule has 8 nitrogen and oxygen atoms in total. The first-order valence-electron chi connectivity index (χ1n) is 8.85. The molecule has 0 aromatic carbocycles. The normalized spacial score (nSPS) is 33.7. The fourth-order valence-electron chi connectivity index (χ4n) is 3.88. The molecule has 4 aliphatic heterocycles. The van der Waals surface area contributed by atoms with E-state index in [0.29, 0.717) is 0 Å². The molecule has 4 amide bonds. The molecule has 28 heavy (non-hydrogen) atoms. The highest BCUT2D eigenvalue weighted by atomic mass is 16.5. The molecule has 0 radical (unpaired) electrons. The second-order valence-electron chi connectivity index (χ2n) is 7.46. The van der Waals surface area contributed by atoms with Crippen LogP contribution in [0.5, 0.6) is 0 Å². The van der Waals surface area contributed by atoms with Gasteiger partial charge >= 0.3 is 0 Å². The summed E-state index contributed by atoms with van der Waals surface area (Å²) in [5.41, 5.74) is -1.18. The largest absolute Gasteiger partial charge is 0.467 e. The van der Waals surface area contributed by atoms with E-state index in [1.54, 1.807) is 0 Å². The van der Waals surface area contributed by atoms with Gasteiger partial charge in [0.05, 0.1) is 23.0 Å². The van der Waals surface area contributed by atoms with Crippen molar-refractivity contribution in [3.8, 4) is 0 Å². The topological polar surface area (TPSA) is 115 Å². The number of ether oxygens (including phenoxy) is 1. The van der Waals surface area contributed by atoms with Gasteiger partial charge in [-0.15, -0.1) is 0 Å². The molecular formula is C20H22N2O6. The quantitative estimate of drug-likeness (QED) is 0.509. The van der Waals surface area contributed by atoms with Crippen LogP contribution in [-0.4, -0.2) is 34.8 Å². The summed E-state index contributed by atoms with van der Waals surface area (Å²) in [7, 11) is 0. The average molecular weight is 386 g/mol. The molecule has 1 aromatic heterocycles. The Morgan fingerprint density at radius 2 is 1.21 bits per heavy atom. The number of furan rings is 1. The predicted molar refractivity (Wildman–Crippen MR) is 97.6 cm³/mol. The lowest BCUT2D eigenvalue weighted by Crippen LogP contribution is -2.36. The van der Waals surface area contributed by atoms with Gasteiger partial charge in [-0.1, -0.05) is 12.2 Å². The average Bonchev–Trinajstić information content (AvgIpc) is 3.35. The van der Waals surface area contributed by atoms with Crippen molar-refractivity contribution in [1.82, 2.24) is 10.6 Å². The van der Waals surface area contributed by atoms with Gasteiger partial charge in [-0.25, -0.2) is 0 Å². The van der Waals surface area contributed by atoms with Gasteiger partial charge in [-0.3, -0.25) is 29.8 Å². The summed E-state index contributed by atoms with van der Waals surface area (Å²) < 4.78 is 10.8. The predicted octanol–water partition coefficient (Wildman–Crippen LogP) is 1.09. The van der Waals surface area contributed by atoms with Crippen molar-refractivity contribution in [1.29, 1.82) is 0 Å². The summed E-state index contributed by atoms with van der Waals surface area (Å²) in [6.45, 7) is 7.59. The molecule has 0 spiro atoms. The highest BCUT2D eigenvalue weighted by Gasteiger charge is 2.68. The van der Waals surface area contributed by atoms with E-state index < -0.39 is 11.2 Å². The molecule has 8 heteroatoms. The van der Waals surface area contributed by atoms with Crippen LogP contribution in [0.15, 0.2) is 40.9 Å². The lowest BCUT2D eigenvalue weighted by atomic mass is 9.73. The number of aryl methyl sites for hydroxylation is 2. The zero-order valence-electron chi connectivity index (χ0n) is 16.1. The number of fused-ring (bicyclic) bond motifs is 5. The van der Waals surface area contributed by atoms with Crippen LogP contribution in [0.4, 0.5) is 0 Å². The van der Waals surface area contributed by atoms with Crippen molar-refractivity contribution < 1.29 is 28.3 Å². The van der Waals surface area contributed by atoms with Gasteiger partial charge in [0.25, 0.3) is 11.8 Å². The fourth-order valence-corrected chi connectivity index (χ4v) is 3.88. The Morgan fingerprint density at radius 1 is 0.786 bits per heavy atom. The first-order valence-corrected chi connectivity index (χ1v) is 8.85. The fraction of sp³-hybridized carbons (Fsp3) is 0.400. The smallest absolute Gasteiger partial charge is 0.250 e. The van der Waals surface area contributed by atoms with E-state index >= 15 is 0 Å². The SMILES string of the molecule is CC12C=CC(C)(O1)[C@H]1C(=O)NC(=O)[C@H]12.Cc1ccc(C)o1.O=C1C=CC(=O)N1. The second-order valence-corrected chi connectivity index (χ2v) is 7.46. The summed E-state index contributed by atoms with van der Waals surface area (Å²) in [4.78, 5) is 43.2. The Kier molecular flexibility index (Phi) is 4.84. The summed E-state index contributed by atoms with van der Waals surface area (Å²) in [5.74, 6) is 0.228. The van der Waals surface area contributed by atoms with Crippen molar-refractivity contribution in [3.05, 3.63) is 48.0 Å². The van der Waals surface area contributed by atoms with E-state index in [9.17, 15) is 19.2 Å². The van der Waals surface area contributed by atoms with E-state index in [0.717, 1.165) is 11.5 Å². The van der Waals surface area contributed by atoms with Gasteiger partial charge in [-0.05, 0) is 39.8 Å². The molecular weight excluding hydrogens is 364 g/mol. The Bertz CT molecular complexity index is 847. The molecule has 2 bridgehead atoms. The van der Waals surface area contributed by atoms with E-state index in [-0.39, 0.29) is 35.5 Å². The minimum absolute atomic E-state index is 0.199. The number of amides is 4. The van der Waals surface area contributed by atoms with Gasteiger partial charge in [0.2, 0.25) is 11.8 Å². The van der Waals surface area contributed by atoms with Crippen LogP contribution in [0.2, 0.25) is 0 Å². The van der Waals surface area contributed by atoms with Crippen LogP contribution in [-0.2, 0) is 23.9 Å². The number of rotatable bonds is 0. The number of carbonyl (C=O) groups is 4. The molecule has 5 heterocycles. The minimum Gasteiger partial charge on any atom is -0.467 e. The molecule has 148 valence electrons. The lowest BCUT2D eigenvalue weighted by molar-refractivity contribution is -0.132. The maximum atomic E-state index is 11.6. The third-order valence-corrected chi connectivity index (χ3v) is 5.07. The van der Waals surface area contributed by atoms with Crippen LogP contribution in [0.25, 0.3) is 0 Å². The molecule has 2 unspecified atom stereocenters. The Hall–Kier alpha value is -3.00. The summed E-state index contributed by atoms with van der Waals surface area (Å²) in [6.07, 6.45) is 6.18. The first-order chi connectivity index (χ1) is 13.0.